The van der Waals surface area contributed by atoms with Crippen molar-refractivity contribution in [3.05, 3.63) is 63.5 Å². The van der Waals surface area contributed by atoms with Crippen LogP contribution in [0.4, 0.5) is 0 Å². The molecule has 4 aliphatic rings. The van der Waals surface area contributed by atoms with Gasteiger partial charge in [0.25, 0.3) is 0 Å². The van der Waals surface area contributed by atoms with Gasteiger partial charge in [-0.25, -0.2) is 0 Å². The van der Waals surface area contributed by atoms with Crippen LogP contribution in [-0.2, 0) is 20.8 Å². The molecule has 156 valence electrons. The molecule has 0 heterocycles. The van der Waals surface area contributed by atoms with E-state index in [0.29, 0.717) is 0 Å². The number of hydrogen-bond acceptors (Lipinski definition) is 0. The molecule has 2 fully saturated rings. The summed E-state index contributed by atoms with van der Waals surface area (Å²) in [5.74, 6) is 5.08. The van der Waals surface area contributed by atoms with Gasteiger partial charge in [0.05, 0.1) is 8.07 Å². The molecule has 4 rings (SSSR count). The van der Waals surface area contributed by atoms with E-state index in [4.69, 9.17) is 17.0 Å². The molecule has 0 N–H and O–H groups in total. The molecule has 6 unspecified atom stereocenters. The van der Waals surface area contributed by atoms with Gasteiger partial charge in [0.2, 0.25) is 0 Å². The topological polar surface area (TPSA) is 0 Å². The molecule has 28 heavy (non-hydrogen) atoms. The number of hydrogen-bond donors (Lipinski definition) is 0. The van der Waals surface area contributed by atoms with Crippen molar-refractivity contribution in [1.82, 2.24) is 0 Å². The fourth-order valence-corrected chi connectivity index (χ4v) is 13.5. The van der Waals surface area contributed by atoms with Crippen LogP contribution in [0, 0.1) is 50.4 Å². The van der Waals surface area contributed by atoms with Crippen LogP contribution >= 0.6 is 17.0 Å². The molecule has 2 saturated carbocycles. The third-order valence-electron chi connectivity index (χ3n) is 7.66. The van der Waals surface area contributed by atoms with Crippen molar-refractivity contribution < 1.29 is 20.8 Å². The second-order valence-electron chi connectivity index (χ2n) is 9.39. The molecule has 4 heteroatoms. The van der Waals surface area contributed by atoms with Crippen molar-refractivity contribution >= 4 is 25.1 Å². The van der Waals surface area contributed by atoms with E-state index in [0.717, 1.165) is 46.6 Å². The number of rotatable bonds is 2. The molecule has 0 amide bonds. The molecule has 4 aliphatic carbocycles. The zero-order chi connectivity index (χ0) is 18.9. The van der Waals surface area contributed by atoms with Crippen LogP contribution in [0.2, 0.25) is 24.2 Å². The molecule has 0 aliphatic heterocycles. The first-order chi connectivity index (χ1) is 12.4. The zero-order valence-corrected chi connectivity index (χ0v) is 23.4. The maximum atomic E-state index is 4.93. The molecule has 8 atom stereocenters. The zero-order valence-electron chi connectivity index (χ0n) is 18.4. The molecule has 0 aromatic carbocycles. The van der Waals surface area contributed by atoms with Crippen LogP contribution in [-0.4, -0.2) is 8.07 Å². The van der Waals surface area contributed by atoms with Crippen LogP contribution in [0.15, 0.2) is 48.6 Å². The summed E-state index contributed by atoms with van der Waals surface area (Å²) < 4.78 is 0. The van der Waals surface area contributed by atoms with Gasteiger partial charge in [0.15, 0.2) is 0 Å². The Bertz CT molecular complexity index is 560. The van der Waals surface area contributed by atoms with E-state index in [1.54, 1.807) is 0 Å². The van der Waals surface area contributed by atoms with E-state index in [-0.39, 0.29) is 14.9 Å². The Labute approximate surface area is 194 Å². The fourth-order valence-electron chi connectivity index (χ4n) is 7.18. The van der Waals surface area contributed by atoms with Crippen LogP contribution < -0.4 is 0 Å². The normalized spacial score (nSPS) is 39.6. The Balaban J connectivity index is 0.000000739. The summed E-state index contributed by atoms with van der Waals surface area (Å²) in [4.78, 5) is 0. The van der Waals surface area contributed by atoms with Crippen molar-refractivity contribution in [1.29, 1.82) is 0 Å². The van der Waals surface area contributed by atoms with Gasteiger partial charge in [-0.1, -0.05) is 75.5 Å². The summed E-state index contributed by atoms with van der Waals surface area (Å²) in [5, 5.41) is 0. The van der Waals surface area contributed by atoms with Crippen molar-refractivity contribution in [2.24, 2.45) is 35.5 Å². The molecule has 0 bridgehead atoms. The Morgan fingerprint density at radius 1 is 0.714 bits per heavy atom. The van der Waals surface area contributed by atoms with Gasteiger partial charge in [0.1, 0.15) is 0 Å². The molecule has 0 nitrogen and oxygen atoms in total. The van der Waals surface area contributed by atoms with Crippen LogP contribution in [0.3, 0.4) is 0 Å². The quantitative estimate of drug-likeness (QED) is 0.255. The minimum absolute atomic E-state index is 0. The molecular weight excluding hydrogens is 478 g/mol. The van der Waals surface area contributed by atoms with Crippen molar-refractivity contribution in [3.63, 3.8) is 0 Å². The van der Waals surface area contributed by atoms with Gasteiger partial charge >= 0.3 is 37.9 Å². The molecule has 0 spiro atoms. The second-order valence-corrected chi connectivity index (χ2v) is 18.1. The predicted molar refractivity (Wildman–Crippen MR) is 128 cm³/mol. The number of allylic oxidation sites excluding steroid dienone is 8. The summed E-state index contributed by atoms with van der Waals surface area (Å²) in [6.45, 7) is 10.6. The van der Waals surface area contributed by atoms with Crippen molar-refractivity contribution in [2.45, 2.75) is 50.9 Å². The number of fused-ring (bicyclic) bond motifs is 2. The van der Waals surface area contributed by atoms with E-state index in [1.165, 1.54) is 12.8 Å². The predicted octanol–water partition coefficient (Wildman–Crippen LogP) is 8.51. The van der Waals surface area contributed by atoms with Crippen LogP contribution in [0.25, 0.3) is 0 Å². The molecule has 0 aromatic rings. The van der Waals surface area contributed by atoms with Gasteiger partial charge in [-0.3, -0.25) is 0 Å². The summed E-state index contributed by atoms with van der Waals surface area (Å²) >= 11 is -0.826. The van der Waals surface area contributed by atoms with Crippen molar-refractivity contribution in [2.75, 3.05) is 0 Å². The maximum absolute atomic E-state index is 4.93. The Hall–Kier alpha value is 0.640. The van der Waals surface area contributed by atoms with E-state index in [2.05, 4.69) is 75.5 Å². The van der Waals surface area contributed by atoms with E-state index in [9.17, 15) is 0 Å². The first-order valence-corrected chi connectivity index (χ1v) is 19.6. The van der Waals surface area contributed by atoms with Gasteiger partial charge in [-0.15, -0.1) is 0 Å². The summed E-state index contributed by atoms with van der Waals surface area (Å²) in [5.41, 5.74) is 1.92. The molecule has 0 saturated heterocycles. The van der Waals surface area contributed by atoms with E-state index >= 15 is 0 Å². The molecular formula is C24H38Cl2SiZr. The standard InChI is InChI=1S/C22H32Si.2CH3.2ClH.Zr/c1-15-13-17-9-5-7-11-19(17)21(15)23(3,4)22-16(2)14-18-10-6-8-12-20(18)22;;;;;/h5-12,15-22H,13-14H2,1-4H3;2*1H3;2*1H;/q;2*-1;;;+4/p-2/t15?,16?,17?,18?,19?,20?,21-,22-;;;;;/m0...../s1. The van der Waals surface area contributed by atoms with E-state index in [1.807, 2.05) is 0 Å². The third kappa shape index (κ3) is 5.09. The SMILES string of the molecule is CC1CC2C=CC=CC2[C@H]1[Si](C)(C)[C@H]1C(C)CC2C=CC=CC21.[CH3-].[CH3-].[Cl][Zr+2][Cl]. The van der Waals surface area contributed by atoms with Crippen LogP contribution in [0.5, 0.6) is 0 Å². The molecule has 0 aromatic heterocycles. The van der Waals surface area contributed by atoms with Crippen molar-refractivity contribution in [3.8, 4) is 0 Å². The number of halogens is 2. The van der Waals surface area contributed by atoms with Gasteiger partial charge in [-0.2, -0.15) is 0 Å². The summed E-state index contributed by atoms with van der Waals surface area (Å²) in [6.07, 6.45) is 22.1. The van der Waals surface area contributed by atoms with E-state index < -0.39 is 28.9 Å². The fraction of sp³-hybridized carbons (Fsp3) is 0.583. The van der Waals surface area contributed by atoms with Gasteiger partial charge in [-0.05, 0) is 59.4 Å². The monoisotopic (exact) mass is 514 g/mol. The van der Waals surface area contributed by atoms with Gasteiger partial charge < -0.3 is 14.9 Å². The summed E-state index contributed by atoms with van der Waals surface area (Å²) in [6, 6.07) is 0. The second kappa shape index (κ2) is 11.3. The Morgan fingerprint density at radius 3 is 1.39 bits per heavy atom. The first-order valence-electron chi connectivity index (χ1n) is 10.1. The Morgan fingerprint density at radius 2 is 1.04 bits per heavy atom. The summed E-state index contributed by atoms with van der Waals surface area (Å²) in [7, 11) is 8.52. The third-order valence-corrected chi connectivity index (χ3v) is 13.0. The van der Waals surface area contributed by atoms with Crippen LogP contribution in [0.1, 0.15) is 26.7 Å². The Kier molecular flexibility index (Phi) is 10.8. The first kappa shape index (κ1) is 26.7. The van der Waals surface area contributed by atoms with Gasteiger partial charge in [0, 0.05) is 0 Å². The average Bonchev–Trinajstić information content (AvgIpc) is 3.11. The molecule has 0 radical (unpaired) electrons. The average molecular weight is 517 g/mol. The minimum atomic E-state index is -1.35.